The minimum atomic E-state index is -2.38. The summed E-state index contributed by atoms with van der Waals surface area (Å²) in [5.41, 5.74) is 0. The molecule has 1 aliphatic heterocycles. The van der Waals surface area contributed by atoms with E-state index in [-0.39, 0.29) is 0 Å². The van der Waals surface area contributed by atoms with E-state index in [1.807, 2.05) is 0 Å². The molecule has 6 heteroatoms. The molecule has 0 aromatic heterocycles. The number of hydrogen-bond donors (Lipinski definition) is 1. The Morgan fingerprint density at radius 2 is 2.00 bits per heavy atom. The minimum absolute atomic E-state index is 0.812. The van der Waals surface area contributed by atoms with Crippen molar-refractivity contribution >= 4 is 33.6 Å². The molecule has 0 radical (unpaired) electrons. The first-order valence-corrected chi connectivity index (χ1v) is 5.54. The maximum absolute atomic E-state index is 8.50. The molecule has 0 spiro atoms. The van der Waals surface area contributed by atoms with Crippen molar-refractivity contribution in [1.29, 1.82) is 0 Å². The van der Waals surface area contributed by atoms with Gasteiger partial charge in [0.25, 0.3) is 0 Å². The summed E-state index contributed by atoms with van der Waals surface area (Å²) in [6.07, 6.45) is -2.38. The summed E-state index contributed by atoms with van der Waals surface area (Å²) < 4.78 is 8.85. The van der Waals surface area contributed by atoms with Crippen LogP contribution in [0.2, 0.25) is 0 Å². The molecule has 0 unspecified atom stereocenters. The van der Waals surface area contributed by atoms with E-state index in [0.29, 0.717) is 0 Å². The van der Waals surface area contributed by atoms with Gasteiger partial charge in [0.1, 0.15) is 0 Å². The van der Waals surface area contributed by atoms with Gasteiger partial charge in [0.2, 0.25) is 0 Å². The summed E-state index contributed by atoms with van der Waals surface area (Å²) in [6.45, 7) is 0. The predicted octanol–water partition coefficient (Wildman–Crippen LogP) is 0.435. The summed E-state index contributed by atoms with van der Waals surface area (Å²) in [5.74, 6) is 0. The van der Waals surface area contributed by atoms with Crippen molar-refractivity contribution in [3.8, 4) is 0 Å². The molecule has 3 nitrogen and oxygen atoms in total. The van der Waals surface area contributed by atoms with Crippen LogP contribution in [0, 0.1) is 0 Å². The molecule has 6 heavy (non-hydrogen) atoms. The Morgan fingerprint density at radius 1 is 1.67 bits per heavy atom. The molecule has 1 N–H and O–H groups in total. The van der Waals surface area contributed by atoms with E-state index < -0.39 is 6.19 Å². The van der Waals surface area contributed by atoms with Gasteiger partial charge in [0.05, 0.1) is 0 Å². The first kappa shape index (κ1) is 5.32. The van der Waals surface area contributed by atoms with Crippen LogP contribution in [0.15, 0.2) is 0 Å². The Bertz CT molecular complexity index is 93.0. The van der Waals surface area contributed by atoms with Crippen molar-refractivity contribution in [2.45, 2.75) is 0 Å². The van der Waals surface area contributed by atoms with Gasteiger partial charge in [-0.25, -0.2) is 0 Å². The summed E-state index contributed by atoms with van der Waals surface area (Å²) in [7, 11) is 0. The Hall–Kier alpha value is 1.18. The third-order valence-corrected chi connectivity index (χ3v) is 4.54. The number of hydrogen-bond acceptors (Lipinski definition) is 4. The first-order chi connectivity index (χ1) is 2.71. The molecule has 0 aromatic rings. The van der Waals surface area contributed by atoms with Gasteiger partial charge < -0.3 is 0 Å². The zero-order valence-corrected chi connectivity index (χ0v) is 5.95. The molecule has 1 saturated heterocycles. The Kier molecular flexibility index (Phi) is 1.42. The van der Waals surface area contributed by atoms with Crippen LogP contribution in [0.3, 0.4) is 0 Å². The van der Waals surface area contributed by atoms with Gasteiger partial charge in [-0.3, -0.25) is 0 Å². The van der Waals surface area contributed by atoms with Crippen molar-refractivity contribution in [2.24, 2.45) is 0 Å². The van der Waals surface area contributed by atoms with E-state index in [0.717, 1.165) is 12.3 Å². The average Bonchev–Trinajstić information content (AvgIpc) is 1.32. The molecule has 0 bridgehead atoms. The average molecular weight is 191 g/mol. The second kappa shape index (κ2) is 1.60. The molecule has 0 saturated carbocycles. The van der Waals surface area contributed by atoms with Crippen LogP contribution in [0.1, 0.15) is 0 Å². The van der Waals surface area contributed by atoms with Crippen LogP contribution in [0.4, 0.5) is 0 Å². The van der Waals surface area contributed by atoms with E-state index >= 15 is 0 Å². The summed E-state index contributed by atoms with van der Waals surface area (Å²) in [5, 5.41) is 0. The van der Waals surface area contributed by atoms with Crippen LogP contribution in [-0.2, 0) is 7.94 Å². The zero-order chi connectivity index (χ0) is 4.62. The summed E-state index contributed by atoms with van der Waals surface area (Å²) in [6, 6.07) is 0. The quantitative estimate of drug-likeness (QED) is 0.342. The third-order valence-electron chi connectivity index (χ3n) is 0.249. The summed E-state index contributed by atoms with van der Waals surface area (Å²) >= 11 is 3.17. The standard InChI is InChI=1S/HO3PSSe/c1-4(6)2-5-3-4/h(H,1,6). The number of rotatable bonds is 0. The van der Waals surface area contributed by atoms with E-state index in [9.17, 15) is 0 Å². The van der Waals surface area contributed by atoms with E-state index in [2.05, 4.69) is 23.0 Å². The normalized spacial score (nSPS) is 28.8. The van der Waals surface area contributed by atoms with Gasteiger partial charge in [-0.2, -0.15) is 0 Å². The van der Waals surface area contributed by atoms with Crippen LogP contribution in [-0.4, -0.2) is 20.0 Å². The predicted molar refractivity (Wildman–Crippen MR) is 24.7 cm³/mol. The second-order valence-corrected chi connectivity index (χ2v) is 5.86. The van der Waals surface area contributed by atoms with Crippen molar-refractivity contribution in [2.75, 3.05) is 0 Å². The third kappa shape index (κ3) is 1.07. The maximum atomic E-state index is 8.50. The molecule has 36 valence electrons. The molecule has 0 amide bonds. The SMILES string of the molecule is OP1(=[Se])OSO1. The fourth-order valence-corrected chi connectivity index (χ4v) is 1.68. The van der Waals surface area contributed by atoms with Crippen molar-refractivity contribution in [3.63, 3.8) is 0 Å². The van der Waals surface area contributed by atoms with Gasteiger partial charge in [0, 0.05) is 0 Å². The summed E-state index contributed by atoms with van der Waals surface area (Å²) in [4.78, 5) is 8.50. The molecule has 0 atom stereocenters. The van der Waals surface area contributed by atoms with Crippen LogP contribution < -0.4 is 0 Å². The van der Waals surface area contributed by atoms with Crippen molar-refractivity contribution < 1.29 is 12.8 Å². The van der Waals surface area contributed by atoms with E-state index in [1.54, 1.807) is 0 Å². The van der Waals surface area contributed by atoms with Gasteiger partial charge in [-0.05, 0) is 0 Å². The van der Waals surface area contributed by atoms with Crippen LogP contribution in [0.25, 0.3) is 0 Å². The molecule has 1 rings (SSSR count). The molecular formula is HO3PSSe. The Morgan fingerprint density at radius 3 is 2.00 bits per heavy atom. The molecule has 1 aliphatic rings. The van der Waals surface area contributed by atoms with Crippen LogP contribution >= 0.6 is 18.5 Å². The van der Waals surface area contributed by atoms with E-state index in [1.165, 1.54) is 0 Å². The molecule has 0 aromatic carbocycles. The van der Waals surface area contributed by atoms with Gasteiger partial charge >= 0.3 is 46.4 Å². The Labute approximate surface area is 46.9 Å². The Balaban J connectivity index is 2.53. The molecule has 1 fully saturated rings. The molecular weight excluding hydrogens is 190 g/mol. The fourth-order valence-electron chi connectivity index (χ4n) is 0.0825. The zero-order valence-electron chi connectivity index (χ0n) is 2.53. The van der Waals surface area contributed by atoms with Gasteiger partial charge in [-0.15, -0.1) is 0 Å². The van der Waals surface area contributed by atoms with Gasteiger partial charge in [0.15, 0.2) is 0 Å². The van der Waals surface area contributed by atoms with Crippen molar-refractivity contribution in [3.05, 3.63) is 0 Å². The molecule has 1 heterocycles. The fraction of sp³-hybridized carbons (Fsp3) is 0. The van der Waals surface area contributed by atoms with Crippen LogP contribution in [0.5, 0.6) is 0 Å². The molecule has 0 aliphatic carbocycles. The second-order valence-electron chi connectivity index (χ2n) is 0.686. The van der Waals surface area contributed by atoms with Crippen molar-refractivity contribution in [1.82, 2.24) is 0 Å². The van der Waals surface area contributed by atoms with E-state index in [4.69, 9.17) is 4.89 Å². The van der Waals surface area contributed by atoms with Gasteiger partial charge in [-0.1, -0.05) is 0 Å². The monoisotopic (exact) mass is 192 g/mol. The first-order valence-electron chi connectivity index (χ1n) is 1.08. The topological polar surface area (TPSA) is 38.7 Å².